The monoisotopic (exact) mass is 736 g/mol. The molecule has 3 aliphatic rings. The van der Waals surface area contributed by atoms with Crippen LogP contribution in [0.4, 0.5) is 0 Å². The van der Waals surface area contributed by atoms with Crippen molar-refractivity contribution < 1.29 is 52.5 Å². The number of carbonyl (C=O) groups is 7. The molecule has 2 bridgehead atoms. The van der Waals surface area contributed by atoms with Gasteiger partial charge in [-0.2, -0.15) is 0 Å². The van der Waals surface area contributed by atoms with Crippen LogP contribution in [0.1, 0.15) is 92.4 Å². The van der Waals surface area contributed by atoms with Crippen molar-refractivity contribution in [1.82, 2.24) is 10.6 Å². The summed E-state index contributed by atoms with van der Waals surface area (Å²) in [6, 6.07) is -0.913. The van der Waals surface area contributed by atoms with Crippen molar-refractivity contribution in [1.29, 1.82) is 0 Å². The number of esters is 3. The van der Waals surface area contributed by atoms with Gasteiger partial charge in [0.2, 0.25) is 23.4 Å². The predicted molar refractivity (Wildman–Crippen MR) is 194 cm³/mol. The van der Waals surface area contributed by atoms with Crippen molar-refractivity contribution >= 4 is 41.3 Å². The minimum Gasteiger partial charge on any atom is -0.460 e. The molecule has 0 saturated heterocycles. The zero-order valence-electron chi connectivity index (χ0n) is 31.4. The average molecular weight is 737 g/mol. The molecule has 0 aromatic heterocycles. The molecule has 5 unspecified atom stereocenters. The number of hydrogen-bond donors (Lipinski definition) is 2. The third-order valence-corrected chi connectivity index (χ3v) is 9.29. The van der Waals surface area contributed by atoms with Gasteiger partial charge >= 0.3 is 17.9 Å². The lowest BCUT2D eigenvalue weighted by Gasteiger charge is -2.31. The van der Waals surface area contributed by atoms with Crippen LogP contribution in [0.25, 0.3) is 0 Å². The Morgan fingerprint density at radius 3 is 2.30 bits per heavy atom. The molecule has 3 rings (SSSR count). The van der Waals surface area contributed by atoms with Crippen LogP contribution < -0.4 is 10.6 Å². The first-order valence-electron chi connectivity index (χ1n) is 18.1. The first-order valence-corrected chi connectivity index (χ1v) is 18.1. The van der Waals surface area contributed by atoms with Crippen molar-refractivity contribution in [3.8, 4) is 0 Å². The number of carbonyl (C=O) groups excluding carboxylic acids is 7. The molecule has 2 N–H and O–H groups in total. The standard InChI is InChI=1S/C40H52N2O11/c1-24-16-15-20-31-36(47)32(23-33(45)38(31)52-28(5)44)42-35(46)22-30(50-6)19-13-8-7-9-14-21-34(25(2)37(24)51-27(4)43)53-40(49)26(3)41-39(48)29-17-11-10-12-18-29/h7-9,13-14,16,19,23,25-26,29-30,34,37H,10-12,15,17-18,20-22H2,1-6H3,(H,41,48)(H,42,46)/b8-7+,14-9+,19-13+,24-16-. The van der Waals surface area contributed by atoms with Crippen LogP contribution in [0.3, 0.4) is 0 Å². The van der Waals surface area contributed by atoms with E-state index in [-0.39, 0.29) is 48.8 Å². The highest BCUT2D eigenvalue weighted by Gasteiger charge is 2.35. The fraction of sp³-hybridized carbons (Fsp3) is 0.525. The summed E-state index contributed by atoms with van der Waals surface area (Å²) in [7, 11) is 1.43. The van der Waals surface area contributed by atoms with Crippen LogP contribution in [0.2, 0.25) is 0 Å². The summed E-state index contributed by atoms with van der Waals surface area (Å²) in [4.78, 5) is 90.0. The van der Waals surface area contributed by atoms with E-state index in [9.17, 15) is 33.6 Å². The van der Waals surface area contributed by atoms with Crippen LogP contribution in [-0.4, -0.2) is 72.8 Å². The van der Waals surface area contributed by atoms with Crippen LogP contribution in [0, 0.1) is 11.8 Å². The number of ether oxygens (including phenoxy) is 4. The van der Waals surface area contributed by atoms with Crippen LogP contribution in [0.15, 0.2) is 71.2 Å². The summed E-state index contributed by atoms with van der Waals surface area (Å²) < 4.78 is 22.3. The van der Waals surface area contributed by atoms with Crippen molar-refractivity contribution in [3.63, 3.8) is 0 Å². The molecule has 0 radical (unpaired) electrons. The quantitative estimate of drug-likeness (QED) is 0.160. The number of Topliss-reactive ketones (excluding diaryl/α,β-unsaturated/α-hetero) is 1. The predicted octanol–water partition coefficient (Wildman–Crippen LogP) is 4.72. The molecule has 2 amide bonds. The fourth-order valence-electron chi connectivity index (χ4n) is 6.40. The molecule has 1 fully saturated rings. The van der Waals surface area contributed by atoms with Gasteiger partial charge in [0.1, 0.15) is 18.2 Å². The number of amides is 2. The van der Waals surface area contributed by atoms with Crippen LogP contribution in [-0.2, 0) is 52.5 Å². The maximum Gasteiger partial charge on any atom is 0.328 e. The molecule has 0 aromatic carbocycles. The van der Waals surface area contributed by atoms with Crippen LogP contribution >= 0.6 is 0 Å². The number of ketones is 2. The molecular weight excluding hydrogens is 684 g/mol. The highest BCUT2D eigenvalue weighted by atomic mass is 16.6. The smallest absolute Gasteiger partial charge is 0.328 e. The van der Waals surface area contributed by atoms with Gasteiger partial charge in [-0.1, -0.05) is 68.7 Å². The first kappa shape index (κ1) is 42.5. The zero-order chi connectivity index (χ0) is 39.1. The Balaban J connectivity index is 1.97. The van der Waals surface area contributed by atoms with Gasteiger partial charge in [0.05, 0.1) is 18.2 Å². The lowest BCUT2D eigenvalue weighted by atomic mass is 9.88. The summed E-state index contributed by atoms with van der Waals surface area (Å²) in [6.45, 7) is 7.46. The minimum atomic E-state index is -0.913. The van der Waals surface area contributed by atoms with Gasteiger partial charge < -0.3 is 29.6 Å². The second-order valence-corrected chi connectivity index (χ2v) is 13.5. The molecular formula is C40H52N2O11. The molecule has 13 nitrogen and oxygen atoms in total. The Labute approximate surface area is 311 Å². The van der Waals surface area contributed by atoms with Gasteiger partial charge in [-0.15, -0.1) is 0 Å². The largest absolute Gasteiger partial charge is 0.460 e. The van der Waals surface area contributed by atoms with E-state index < -0.39 is 71.4 Å². The van der Waals surface area contributed by atoms with Gasteiger partial charge in [0.25, 0.3) is 0 Å². The number of fused-ring (bicyclic) bond motifs is 2. The Morgan fingerprint density at radius 1 is 0.943 bits per heavy atom. The molecule has 5 atom stereocenters. The topological polar surface area (TPSA) is 180 Å². The lowest BCUT2D eigenvalue weighted by Crippen LogP contribution is -2.45. The summed E-state index contributed by atoms with van der Waals surface area (Å²) in [6.07, 6.45) is 15.4. The lowest BCUT2D eigenvalue weighted by molar-refractivity contribution is -0.160. The number of nitrogens with one attached hydrogen (secondary N) is 2. The zero-order valence-corrected chi connectivity index (χ0v) is 31.4. The Morgan fingerprint density at radius 2 is 1.64 bits per heavy atom. The van der Waals surface area contributed by atoms with E-state index in [0.29, 0.717) is 5.57 Å². The van der Waals surface area contributed by atoms with E-state index in [1.54, 1.807) is 63.3 Å². The molecule has 2 aliphatic carbocycles. The van der Waals surface area contributed by atoms with Crippen molar-refractivity contribution in [2.45, 2.75) is 117 Å². The normalized spacial score (nSPS) is 27.3. The van der Waals surface area contributed by atoms with E-state index in [2.05, 4.69) is 10.6 Å². The summed E-state index contributed by atoms with van der Waals surface area (Å²) in [5.41, 5.74) is 0.206. The Hall–Kier alpha value is -4.91. The van der Waals surface area contributed by atoms with Gasteiger partial charge in [0.15, 0.2) is 5.76 Å². The highest BCUT2D eigenvalue weighted by Crippen LogP contribution is 2.28. The first-order chi connectivity index (χ1) is 25.2. The number of rotatable bonds is 7. The summed E-state index contributed by atoms with van der Waals surface area (Å²) >= 11 is 0. The molecule has 0 aromatic rings. The molecule has 0 spiro atoms. The Kier molecular flexibility index (Phi) is 16.8. The fourth-order valence-corrected chi connectivity index (χ4v) is 6.40. The molecule has 53 heavy (non-hydrogen) atoms. The van der Waals surface area contributed by atoms with E-state index in [4.69, 9.17) is 18.9 Å². The second kappa shape index (κ2) is 21.0. The van der Waals surface area contributed by atoms with E-state index in [1.807, 2.05) is 0 Å². The molecule has 1 aliphatic heterocycles. The van der Waals surface area contributed by atoms with Gasteiger partial charge in [0, 0.05) is 50.9 Å². The van der Waals surface area contributed by atoms with Gasteiger partial charge in [-0.25, -0.2) is 4.79 Å². The summed E-state index contributed by atoms with van der Waals surface area (Å²) in [5, 5.41) is 5.30. The highest BCUT2D eigenvalue weighted by molar-refractivity contribution is 6.23. The van der Waals surface area contributed by atoms with Crippen molar-refractivity contribution in [3.05, 3.63) is 71.2 Å². The van der Waals surface area contributed by atoms with E-state index >= 15 is 0 Å². The maximum atomic E-state index is 13.6. The molecule has 288 valence electrons. The minimum absolute atomic E-state index is 0.0621. The molecule has 1 heterocycles. The Bertz CT molecular complexity index is 1590. The van der Waals surface area contributed by atoms with Gasteiger partial charge in [-0.05, 0) is 45.1 Å². The second-order valence-electron chi connectivity index (χ2n) is 13.5. The van der Waals surface area contributed by atoms with Crippen molar-refractivity contribution in [2.24, 2.45) is 11.8 Å². The van der Waals surface area contributed by atoms with Crippen molar-refractivity contribution in [2.75, 3.05) is 7.11 Å². The summed E-state index contributed by atoms with van der Waals surface area (Å²) in [5.74, 6) is -5.34. The number of methoxy groups -OCH3 is 1. The third kappa shape index (κ3) is 13.2. The van der Waals surface area contributed by atoms with E-state index in [0.717, 1.165) is 45.1 Å². The van der Waals surface area contributed by atoms with Crippen LogP contribution in [0.5, 0.6) is 0 Å². The number of hydrogen-bond acceptors (Lipinski definition) is 11. The average Bonchev–Trinajstić information content (AvgIpc) is 3.11. The van der Waals surface area contributed by atoms with Gasteiger partial charge in [-0.3, -0.25) is 28.8 Å². The molecule has 1 saturated carbocycles. The SMILES string of the molecule is COC1/C=C/C=C/C=C/CC(OC(=O)C(C)NC(=O)C2CCCCC2)C(C)C(OC(C)=O)/C(C)=C\CCC2=C(OC(C)=O)C(=O)C=C(NC(=O)C1)C2=O. The molecule has 13 heteroatoms. The van der Waals surface area contributed by atoms with E-state index in [1.165, 1.54) is 14.0 Å². The maximum absolute atomic E-state index is 13.6. The third-order valence-electron chi connectivity index (χ3n) is 9.29. The number of allylic oxidation sites excluding steroid dienone is 7.